The van der Waals surface area contributed by atoms with Gasteiger partial charge in [0.1, 0.15) is 12.4 Å². The van der Waals surface area contributed by atoms with Crippen LogP contribution < -0.4 is 4.74 Å². The first-order chi connectivity index (χ1) is 8.36. The van der Waals surface area contributed by atoms with Gasteiger partial charge >= 0.3 is 0 Å². The molecule has 0 saturated carbocycles. The molecule has 2 atom stereocenters. The number of benzene rings is 1. The molecular weight excluding hydrogens is 224 g/mol. The topological polar surface area (TPSA) is 29.5 Å². The van der Waals surface area contributed by atoms with Gasteiger partial charge in [-0.15, -0.1) is 0 Å². The van der Waals surface area contributed by atoms with Crippen molar-refractivity contribution in [1.29, 1.82) is 0 Å². The monoisotopic (exact) mass is 250 g/mol. The summed E-state index contributed by atoms with van der Waals surface area (Å²) < 4.78 is 5.65. The molecule has 1 N–H and O–H groups in total. The third-order valence-corrected chi connectivity index (χ3v) is 3.84. The molecule has 0 amide bonds. The molecule has 2 unspecified atom stereocenters. The molecule has 0 aliphatic rings. The van der Waals surface area contributed by atoms with E-state index in [9.17, 15) is 5.11 Å². The summed E-state index contributed by atoms with van der Waals surface area (Å²) in [6, 6.07) is 8.18. The first-order valence-electron chi connectivity index (χ1n) is 6.82. The van der Waals surface area contributed by atoms with Gasteiger partial charge in [0, 0.05) is 0 Å². The summed E-state index contributed by atoms with van der Waals surface area (Å²) in [4.78, 5) is 0. The van der Waals surface area contributed by atoms with Crippen molar-refractivity contribution in [3.8, 4) is 5.75 Å². The molecule has 0 saturated heterocycles. The molecule has 0 aliphatic carbocycles. The van der Waals surface area contributed by atoms with Crippen LogP contribution in [0.2, 0.25) is 0 Å². The number of hydrogen-bond donors (Lipinski definition) is 1. The Morgan fingerprint density at radius 3 is 2.17 bits per heavy atom. The molecule has 2 heteroatoms. The van der Waals surface area contributed by atoms with Crippen LogP contribution in [0.5, 0.6) is 5.75 Å². The third-order valence-electron chi connectivity index (χ3n) is 3.84. The summed E-state index contributed by atoms with van der Waals surface area (Å²) in [5, 5.41) is 10.1. The Morgan fingerprint density at radius 2 is 1.72 bits per heavy atom. The standard InChI is InChI=1S/C16H26O2/c1-6-13(4)14-7-9-15(10-8-14)18-11-16(5,17)12(2)3/h7-10,12-13,17H,6,11H2,1-5H3. The largest absolute Gasteiger partial charge is 0.491 e. The minimum atomic E-state index is -0.782. The molecule has 1 rings (SSSR count). The zero-order chi connectivity index (χ0) is 13.8. The Hall–Kier alpha value is -1.02. The molecule has 1 aromatic rings. The van der Waals surface area contributed by atoms with E-state index >= 15 is 0 Å². The lowest BCUT2D eigenvalue weighted by atomic mass is 9.94. The van der Waals surface area contributed by atoms with Gasteiger partial charge in [0.2, 0.25) is 0 Å². The van der Waals surface area contributed by atoms with E-state index in [0.29, 0.717) is 12.5 Å². The van der Waals surface area contributed by atoms with Gasteiger partial charge in [-0.1, -0.05) is 39.8 Å². The Kier molecular flexibility index (Phi) is 5.21. The number of aliphatic hydroxyl groups is 1. The van der Waals surface area contributed by atoms with Gasteiger partial charge in [-0.25, -0.2) is 0 Å². The Balaban J connectivity index is 2.59. The zero-order valence-electron chi connectivity index (χ0n) is 12.2. The van der Waals surface area contributed by atoms with E-state index in [4.69, 9.17) is 4.74 Å². The maximum absolute atomic E-state index is 10.1. The highest BCUT2D eigenvalue weighted by Crippen LogP contribution is 2.23. The molecule has 0 fully saturated rings. The van der Waals surface area contributed by atoms with E-state index in [1.807, 2.05) is 32.9 Å². The predicted molar refractivity (Wildman–Crippen MR) is 76.1 cm³/mol. The van der Waals surface area contributed by atoms with Crippen molar-refractivity contribution in [3.63, 3.8) is 0 Å². The summed E-state index contributed by atoms with van der Waals surface area (Å²) >= 11 is 0. The molecule has 0 bridgehead atoms. The lowest BCUT2D eigenvalue weighted by molar-refractivity contribution is -0.0266. The fraction of sp³-hybridized carbons (Fsp3) is 0.625. The lowest BCUT2D eigenvalue weighted by Crippen LogP contribution is -2.37. The average molecular weight is 250 g/mol. The van der Waals surface area contributed by atoms with Crippen LogP contribution in [0.1, 0.15) is 52.5 Å². The summed E-state index contributed by atoms with van der Waals surface area (Å²) in [7, 11) is 0. The van der Waals surface area contributed by atoms with E-state index in [1.165, 1.54) is 5.56 Å². The van der Waals surface area contributed by atoms with Gasteiger partial charge in [-0.05, 0) is 42.9 Å². The van der Waals surface area contributed by atoms with Gasteiger partial charge in [0.05, 0.1) is 5.60 Å². The quantitative estimate of drug-likeness (QED) is 0.827. The minimum Gasteiger partial charge on any atom is -0.491 e. The molecule has 0 radical (unpaired) electrons. The predicted octanol–water partition coefficient (Wildman–Crippen LogP) is 3.99. The maximum Gasteiger partial charge on any atom is 0.119 e. The second-order valence-corrected chi connectivity index (χ2v) is 5.68. The maximum atomic E-state index is 10.1. The van der Waals surface area contributed by atoms with Crippen molar-refractivity contribution in [2.24, 2.45) is 5.92 Å². The van der Waals surface area contributed by atoms with E-state index < -0.39 is 5.60 Å². The van der Waals surface area contributed by atoms with Crippen molar-refractivity contribution in [1.82, 2.24) is 0 Å². The Bertz CT molecular complexity index is 352. The van der Waals surface area contributed by atoms with E-state index in [2.05, 4.69) is 26.0 Å². The van der Waals surface area contributed by atoms with Crippen molar-refractivity contribution < 1.29 is 9.84 Å². The zero-order valence-corrected chi connectivity index (χ0v) is 12.2. The van der Waals surface area contributed by atoms with Crippen LogP contribution in [0.15, 0.2) is 24.3 Å². The van der Waals surface area contributed by atoms with Gasteiger partial charge < -0.3 is 9.84 Å². The number of ether oxygens (including phenoxy) is 1. The average Bonchev–Trinajstić information content (AvgIpc) is 2.36. The van der Waals surface area contributed by atoms with Gasteiger partial charge in [0.25, 0.3) is 0 Å². The van der Waals surface area contributed by atoms with Crippen LogP contribution in [-0.4, -0.2) is 17.3 Å². The van der Waals surface area contributed by atoms with Crippen LogP contribution in [0, 0.1) is 5.92 Å². The fourth-order valence-electron chi connectivity index (χ4n) is 1.52. The molecule has 18 heavy (non-hydrogen) atoms. The second-order valence-electron chi connectivity index (χ2n) is 5.68. The molecule has 0 aliphatic heterocycles. The highest BCUT2D eigenvalue weighted by atomic mass is 16.5. The van der Waals surface area contributed by atoms with E-state index in [-0.39, 0.29) is 5.92 Å². The van der Waals surface area contributed by atoms with Crippen LogP contribution in [0.3, 0.4) is 0 Å². The molecule has 2 nitrogen and oxygen atoms in total. The van der Waals surface area contributed by atoms with Gasteiger partial charge in [-0.3, -0.25) is 0 Å². The first kappa shape index (κ1) is 15.0. The summed E-state index contributed by atoms with van der Waals surface area (Å²) in [6.45, 7) is 10.5. The number of rotatable bonds is 6. The highest BCUT2D eigenvalue weighted by molar-refractivity contribution is 5.29. The molecule has 1 aromatic carbocycles. The first-order valence-corrected chi connectivity index (χ1v) is 6.82. The van der Waals surface area contributed by atoms with Crippen molar-refractivity contribution in [2.45, 2.75) is 52.6 Å². The van der Waals surface area contributed by atoms with E-state index in [1.54, 1.807) is 0 Å². The van der Waals surface area contributed by atoms with Crippen molar-refractivity contribution in [3.05, 3.63) is 29.8 Å². The summed E-state index contributed by atoms with van der Waals surface area (Å²) in [5.41, 5.74) is 0.551. The Morgan fingerprint density at radius 1 is 1.17 bits per heavy atom. The number of hydrogen-bond acceptors (Lipinski definition) is 2. The SMILES string of the molecule is CCC(C)c1ccc(OCC(C)(O)C(C)C)cc1. The van der Waals surface area contributed by atoms with Gasteiger partial charge in [-0.2, -0.15) is 0 Å². The Labute approximate surface area is 111 Å². The minimum absolute atomic E-state index is 0.178. The molecule has 0 heterocycles. The third kappa shape index (κ3) is 4.02. The lowest BCUT2D eigenvalue weighted by Gasteiger charge is -2.27. The normalized spacial score (nSPS) is 16.4. The van der Waals surface area contributed by atoms with Crippen LogP contribution in [-0.2, 0) is 0 Å². The smallest absolute Gasteiger partial charge is 0.119 e. The van der Waals surface area contributed by atoms with Crippen LogP contribution >= 0.6 is 0 Å². The highest BCUT2D eigenvalue weighted by Gasteiger charge is 2.25. The van der Waals surface area contributed by atoms with E-state index in [0.717, 1.165) is 12.2 Å². The fourth-order valence-corrected chi connectivity index (χ4v) is 1.52. The molecule has 0 spiro atoms. The van der Waals surface area contributed by atoms with Crippen molar-refractivity contribution >= 4 is 0 Å². The van der Waals surface area contributed by atoms with Crippen LogP contribution in [0.25, 0.3) is 0 Å². The van der Waals surface area contributed by atoms with Crippen molar-refractivity contribution in [2.75, 3.05) is 6.61 Å². The summed E-state index contributed by atoms with van der Waals surface area (Å²) in [5.74, 6) is 1.58. The molecule has 102 valence electrons. The van der Waals surface area contributed by atoms with Gasteiger partial charge in [0.15, 0.2) is 0 Å². The molecular formula is C16H26O2. The second kappa shape index (κ2) is 6.24. The molecule has 0 aromatic heterocycles. The van der Waals surface area contributed by atoms with Crippen LogP contribution in [0.4, 0.5) is 0 Å². The summed E-state index contributed by atoms with van der Waals surface area (Å²) in [6.07, 6.45) is 1.14.